The summed E-state index contributed by atoms with van der Waals surface area (Å²) in [6.45, 7) is 3.64. The largest absolute Gasteiger partial charge is 0.384 e. The number of fused-ring (bicyclic) bond motifs is 1. The number of nitrogens with one attached hydrogen (secondary N) is 2. The van der Waals surface area contributed by atoms with Gasteiger partial charge in [-0.05, 0) is 25.8 Å². The molecule has 0 radical (unpaired) electrons. The van der Waals surface area contributed by atoms with Gasteiger partial charge in [-0.3, -0.25) is 0 Å². The Balaban J connectivity index is 1.77. The lowest BCUT2D eigenvalue weighted by Crippen LogP contribution is -2.22. The first-order valence-corrected chi connectivity index (χ1v) is 7.31. The number of rotatable bonds is 5. The van der Waals surface area contributed by atoms with Gasteiger partial charge in [0, 0.05) is 37.6 Å². The summed E-state index contributed by atoms with van der Waals surface area (Å²) in [4.78, 5) is 8.80. The normalized spacial score (nSPS) is 20.1. The van der Waals surface area contributed by atoms with Crippen LogP contribution in [-0.4, -0.2) is 43.3 Å². The van der Waals surface area contributed by atoms with Crippen LogP contribution < -0.4 is 16.4 Å². The molecule has 0 bridgehead atoms. The van der Waals surface area contributed by atoms with E-state index < -0.39 is 0 Å². The molecular formula is C14H23N5O. The zero-order valence-electron chi connectivity index (χ0n) is 12.0. The van der Waals surface area contributed by atoms with Crippen LogP contribution in [0.2, 0.25) is 0 Å². The average Bonchev–Trinajstić information content (AvgIpc) is 3.20. The van der Waals surface area contributed by atoms with Gasteiger partial charge in [0.1, 0.15) is 5.82 Å². The molecule has 1 aromatic rings. The molecule has 0 amide bonds. The van der Waals surface area contributed by atoms with Gasteiger partial charge in [0.2, 0.25) is 5.95 Å². The SMILES string of the molecule is COCC1(CNc2nc(N)nc3c2CCNCC3)CC1. The summed E-state index contributed by atoms with van der Waals surface area (Å²) in [5.74, 6) is 1.28. The fraction of sp³-hybridized carbons (Fsp3) is 0.714. The molecule has 2 aliphatic rings. The Labute approximate surface area is 119 Å². The molecule has 1 fully saturated rings. The standard InChI is InChI=1S/C14H23N5O/c1-20-9-14(4-5-14)8-17-12-10-2-6-16-7-3-11(10)18-13(15)19-12/h16H,2-9H2,1H3,(H3,15,17,18,19). The summed E-state index contributed by atoms with van der Waals surface area (Å²) < 4.78 is 5.31. The van der Waals surface area contributed by atoms with Crippen LogP contribution in [0.4, 0.5) is 11.8 Å². The number of aromatic nitrogens is 2. The number of hydrogen-bond donors (Lipinski definition) is 3. The van der Waals surface area contributed by atoms with Crippen molar-refractivity contribution in [2.45, 2.75) is 25.7 Å². The topological polar surface area (TPSA) is 85.1 Å². The maximum atomic E-state index is 5.84. The van der Waals surface area contributed by atoms with Crippen molar-refractivity contribution in [2.24, 2.45) is 5.41 Å². The maximum absolute atomic E-state index is 5.84. The van der Waals surface area contributed by atoms with Crippen LogP contribution in [0.15, 0.2) is 0 Å². The highest BCUT2D eigenvalue weighted by Crippen LogP contribution is 2.45. The molecule has 3 rings (SSSR count). The fourth-order valence-corrected chi connectivity index (χ4v) is 2.84. The molecule has 1 saturated carbocycles. The van der Waals surface area contributed by atoms with Gasteiger partial charge in [-0.2, -0.15) is 4.98 Å². The maximum Gasteiger partial charge on any atom is 0.222 e. The summed E-state index contributed by atoms with van der Waals surface area (Å²) in [6.07, 6.45) is 4.31. The highest BCUT2D eigenvalue weighted by molar-refractivity contribution is 5.50. The van der Waals surface area contributed by atoms with E-state index in [9.17, 15) is 0 Å². The minimum Gasteiger partial charge on any atom is -0.384 e. The van der Waals surface area contributed by atoms with Crippen molar-refractivity contribution < 1.29 is 4.74 Å². The Hall–Kier alpha value is -1.40. The van der Waals surface area contributed by atoms with Gasteiger partial charge in [0.25, 0.3) is 0 Å². The molecule has 2 heterocycles. The Morgan fingerprint density at radius 1 is 1.30 bits per heavy atom. The van der Waals surface area contributed by atoms with Gasteiger partial charge in [-0.15, -0.1) is 0 Å². The van der Waals surface area contributed by atoms with Gasteiger partial charge in [-0.25, -0.2) is 4.98 Å². The quantitative estimate of drug-likeness (QED) is 0.730. The van der Waals surface area contributed by atoms with Crippen molar-refractivity contribution in [3.8, 4) is 0 Å². The first kappa shape index (κ1) is 13.6. The van der Waals surface area contributed by atoms with Crippen LogP contribution in [0.25, 0.3) is 0 Å². The van der Waals surface area contributed by atoms with Crippen LogP contribution in [0, 0.1) is 5.41 Å². The lowest BCUT2D eigenvalue weighted by molar-refractivity contribution is 0.147. The second-order valence-corrected chi connectivity index (χ2v) is 5.89. The number of methoxy groups -OCH3 is 1. The Morgan fingerprint density at radius 3 is 2.85 bits per heavy atom. The number of hydrogen-bond acceptors (Lipinski definition) is 6. The highest BCUT2D eigenvalue weighted by Gasteiger charge is 2.42. The minimum absolute atomic E-state index is 0.296. The van der Waals surface area contributed by atoms with Gasteiger partial charge in [-0.1, -0.05) is 0 Å². The third kappa shape index (κ3) is 2.86. The Kier molecular flexibility index (Phi) is 3.76. The molecule has 1 aliphatic heterocycles. The van der Waals surface area contributed by atoms with Gasteiger partial charge < -0.3 is 21.1 Å². The van der Waals surface area contributed by atoms with Crippen molar-refractivity contribution in [3.63, 3.8) is 0 Å². The summed E-state index contributed by atoms with van der Waals surface area (Å²) in [5, 5.41) is 6.88. The molecule has 6 nitrogen and oxygen atoms in total. The van der Waals surface area contributed by atoms with Crippen LogP contribution >= 0.6 is 0 Å². The van der Waals surface area contributed by atoms with Crippen molar-refractivity contribution in [2.75, 3.05) is 44.4 Å². The van der Waals surface area contributed by atoms with Crippen LogP contribution in [-0.2, 0) is 17.6 Å². The molecular weight excluding hydrogens is 254 g/mol. The lowest BCUT2D eigenvalue weighted by Gasteiger charge is -2.18. The Morgan fingerprint density at radius 2 is 2.10 bits per heavy atom. The average molecular weight is 277 g/mol. The molecule has 0 aromatic carbocycles. The number of nitrogens with zero attached hydrogens (tertiary/aromatic N) is 2. The second-order valence-electron chi connectivity index (χ2n) is 5.89. The molecule has 1 aromatic heterocycles. The van der Waals surface area contributed by atoms with E-state index in [4.69, 9.17) is 10.5 Å². The smallest absolute Gasteiger partial charge is 0.222 e. The summed E-state index contributed by atoms with van der Waals surface area (Å²) in [5.41, 5.74) is 8.44. The fourth-order valence-electron chi connectivity index (χ4n) is 2.84. The molecule has 0 unspecified atom stereocenters. The molecule has 4 N–H and O–H groups in total. The minimum atomic E-state index is 0.296. The van der Waals surface area contributed by atoms with Crippen LogP contribution in [0.1, 0.15) is 24.1 Å². The predicted octanol–water partition coefficient (Wildman–Crippen LogP) is 0.585. The molecule has 0 spiro atoms. The van der Waals surface area contributed by atoms with E-state index in [1.165, 1.54) is 18.4 Å². The van der Waals surface area contributed by atoms with E-state index in [0.717, 1.165) is 50.6 Å². The van der Waals surface area contributed by atoms with Crippen molar-refractivity contribution in [1.29, 1.82) is 0 Å². The predicted molar refractivity (Wildman–Crippen MR) is 78.8 cm³/mol. The van der Waals surface area contributed by atoms with Crippen LogP contribution in [0.5, 0.6) is 0 Å². The monoisotopic (exact) mass is 277 g/mol. The third-order valence-electron chi connectivity index (χ3n) is 4.24. The molecule has 0 atom stereocenters. The molecule has 6 heteroatoms. The first-order chi connectivity index (χ1) is 9.72. The molecule has 20 heavy (non-hydrogen) atoms. The van der Waals surface area contributed by atoms with Gasteiger partial charge >= 0.3 is 0 Å². The zero-order chi connectivity index (χ0) is 14.0. The number of anilines is 2. The second kappa shape index (κ2) is 5.54. The molecule has 0 saturated heterocycles. The Bertz CT molecular complexity index is 487. The van der Waals surface area contributed by atoms with Crippen LogP contribution in [0.3, 0.4) is 0 Å². The number of nitrogens with two attached hydrogens (primary N) is 1. The summed E-state index contributed by atoms with van der Waals surface area (Å²) in [6, 6.07) is 0. The van der Waals surface area contributed by atoms with E-state index in [2.05, 4.69) is 20.6 Å². The van der Waals surface area contributed by atoms with E-state index in [1.807, 2.05) is 0 Å². The lowest BCUT2D eigenvalue weighted by atomic mass is 10.1. The summed E-state index contributed by atoms with van der Waals surface area (Å²) in [7, 11) is 1.76. The molecule has 110 valence electrons. The van der Waals surface area contributed by atoms with E-state index in [0.29, 0.717) is 11.4 Å². The van der Waals surface area contributed by atoms with E-state index in [-0.39, 0.29) is 0 Å². The van der Waals surface area contributed by atoms with Gasteiger partial charge in [0.05, 0.1) is 12.3 Å². The number of ether oxygens (including phenoxy) is 1. The highest BCUT2D eigenvalue weighted by atomic mass is 16.5. The van der Waals surface area contributed by atoms with E-state index >= 15 is 0 Å². The van der Waals surface area contributed by atoms with Gasteiger partial charge in [0.15, 0.2) is 0 Å². The third-order valence-corrected chi connectivity index (χ3v) is 4.24. The van der Waals surface area contributed by atoms with Crippen molar-refractivity contribution in [1.82, 2.24) is 15.3 Å². The molecule has 1 aliphatic carbocycles. The van der Waals surface area contributed by atoms with E-state index in [1.54, 1.807) is 7.11 Å². The van der Waals surface area contributed by atoms with Crippen molar-refractivity contribution >= 4 is 11.8 Å². The number of nitrogen functional groups attached to an aromatic ring is 1. The summed E-state index contributed by atoms with van der Waals surface area (Å²) >= 11 is 0. The first-order valence-electron chi connectivity index (χ1n) is 7.31. The van der Waals surface area contributed by atoms with Crippen molar-refractivity contribution in [3.05, 3.63) is 11.3 Å². The zero-order valence-corrected chi connectivity index (χ0v) is 12.0.